The Morgan fingerprint density at radius 3 is 2.70 bits per heavy atom. The fourth-order valence-corrected chi connectivity index (χ4v) is 1.99. The highest BCUT2D eigenvalue weighted by atomic mass is 16.5. The molecule has 0 saturated carbocycles. The van der Waals surface area contributed by atoms with Gasteiger partial charge in [0, 0.05) is 12.1 Å². The van der Waals surface area contributed by atoms with Gasteiger partial charge < -0.3 is 9.47 Å². The average molecular weight is 276 g/mol. The van der Waals surface area contributed by atoms with Crippen LogP contribution >= 0.6 is 0 Å². The van der Waals surface area contributed by atoms with Gasteiger partial charge in [0.15, 0.2) is 0 Å². The van der Waals surface area contributed by atoms with Crippen molar-refractivity contribution in [2.75, 3.05) is 27.3 Å². The number of rotatable bonds is 7. The molecule has 0 aliphatic heterocycles. The van der Waals surface area contributed by atoms with E-state index in [2.05, 4.69) is 6.07 Å². The van der Waals surface area contributed by atoms with E-state index in [4.69, 9.17) is 14.7 Å². The minimum absolute atomic E-state index is 0.226. The van der Waals surface area contributed by atoms with Crippen LogP contribution in [0.25, 0.3) is 0 Å². The lowest BCUT2D eigenvalue weighted by atomic mass is 10.1. The molecule has 108 valence electrons. The Labute approximate surface area is 119 Å². The lowest BCUT2D eigenvalue weighted by molar-refractivity contribution is -0.142. The second-order valence-electron chi connectivity index (χ2n) is 4.43. The Hall–Kier alpha value is -2.06. The number of esters is 1. The zero-order valence-electron chi connectivity index (χ0n) is 12.2. The van der Waals surface area contributed by atoms with Crippen molar-refractivity contribution in [1.82, 2.24) is 4.90 Å². The van der Waals surface area contributed by atoms with E-state index in [0.29, 0.717) is 12.1 Å². The third kappa shape index (κ3) is 4.56. The number of ether oxygens (including phenoxy) is 2. The molecule has 0 heterocycles. The number of benzene rings is 1. The van der Waals surface area contributed by atoms with E-state index in [1.165, 1.54) is 7.11 Å². The van der Waals surface area contributed by atoms with Gasteiger partial charge in [0.2, 0.25) is 0 Å². The van der Waals surface area contributed by atoms with Crippen LogP contribution in [0.15, 0.2) is 18.2 Å². The van der Waals surface area contributed by atoms with Gasteiger partial charge in [0.1, 0.15) is 5.75 Å². The molecular formula is C15H20N2O3. The zero-order chi connectivity index (χ0) is 15.0. The Bertz CT molecular complexity index is 494. The summed E-state index contributed by atoms with van der Waals surface area (Å²) in [5.74, 6) is 0.448. The third-order valence-corrected chi connectivity index (χ3v) is 2.92. The summed E-state index contributed by atoms with van der Waals surface area (Å²) in [6.45, 7) is 3.59. The summed E-state index contributed by atoms with van der Waals surface area (Å²) in [5.41, 5.74) is 1.47. The molecule has 0 atom stereocenters. The van der Waals surface area contributed by atoms with Gasteiger partial charge in [-0.3, -0.25) is 9.69 Å². The van der Waals surface area contributed by atoms with Crippen molar-refractivity contribution < 1.29 is 14.3 Å². The predicted molar refractivity (Wildman–Crippen MR) is 75.3 cm³/mol. The molecule has 0 aliphatic carbocycles. The first-order valence-corrected chi connectivity index (χ1v) is 6.50. The van der Waals surface area contributed by atoms with Crippen molar-refractivity contribution in [3.8, 4) is 11.8 Å². The number of carbonyl (C=O) groups excluding carboxylic acids is 1. The number of carbonyl (C=O) groups is 1. The van der Waals surface area contributed by atoms with E-state index in [1.807, 2.05) is 11.8 Å². The highest BCUT2D eigenvalue weighted by molar-refractivity contribution is 5.71. The molecule has 0 N–H and O–H groups in total. The first-order chi connectivity index (χ1) is 9.64. The maximum absolute atomic E-state index is 11.4. The SMILES string of the molecule is CCCN(CC(=O)OC)Cc1cc(C#N)ccc1OC. The van der Waals surface area contributed by atoms with Crippen molar-refractivity contribution in [3.05, 3.63) is 29.3 Å². The molecule has 20 heavy (non-hydrogen) atoms. The summed E-state index contributed by atoms with van der Waals surface area (Å²) >= 11 is 0. The van der Waals surface area contributed by atoms with Crippen LogP contribution in [-0.2, 0) is 16.1 Å². The Morgan fingerprint density at radius 2 is 2.15 bits per heavy atom. The van der Waals surface area contributed by atoms with Gasteiger partial charge in [-0.05, 0) is 31.2 Å². The molecular weight excluding hydrogens is 256 g/mol. The molecule has 0 unspecified atom stereocenters. The minimum Gasteiger partial charge on any atom is -0.496 e. The number of hydrogen-bond acceptors (Lipinski definition) is 5. The molecule has 0 aromatic heterocycles. The summed E-state index contributed by atoms with van der Waals surface area (Å²) in [7, 11) is 2.97. The van der Waals surface area contributed by atoms with Crippen LogP contribution in [0.2, 0.25) is 0 Å². The monoisotopic (exact) mass is 276 g/mol. The van der Waals surface area contributed by atoms with Gasteiger partial charge in [0.25, 0.3) is 0 Å². The van der Waals surface area contributed by atoms with Crippen molar-refractivity contribution >= 4 is 5.97 Å². The van der Waals surface area contributed by atoms with Gasteiger partial charge in [-0.2, -0.15) is 5.26 Å². The van der Waals surface area contributed by atoms with Crippen molar-refractivity contribution in [2.24, 2.45) is 0 Å². The van der Waals surface area contributed by atoms with Crippen LogP contribution in [0.5, 0.6) is 5.75 Å². The molecule has 0 radical (unpaired) electrons. The molecule has 0 fully saturated rings. The largest absolute Gasteiger partial charge is 0.496 e. The van der Waals surface area contributed by atoms with E-state index in [0.717, 1.165) is 24.3 Å². The van der Waals surface area contributed by atoms with Gasteiger partial charge in [-0.15, -0.1) is 0 Å². The highest BCUT2D eigenvalue weighted by Crippen LogP contribution is 2.21. The maximum atomic E-state index is 11.4. The van der Waals surface area contributed by atoms with Gasteiger partial charge in [-0.1, -0.05) is 6.92 Å². The summed E-state index contributed by atoms with van der Waals surface area (Å²) in [4.78, 5) is 13.4. The van der Waals surface area contributed by atoms with Gasteiger partial charge >= 0.3 is 5.97 Å². The summed E-state index contributed by atoms with van der Waals surface area (Å²) in [5, 5.41) is 8.97. The van der Waals surface area contributed by atoms with Crippen LogP contribution in [0.1, 0.15) is 24.5 Å². The minimum atomic E-state index is -0.270. The quantitative estimate of drug-likeness (QED) is 0.712. The first kappa shape index (κ1) is 16.0. The summed E-state index contributed by atoms with van der Waals surface area (Å²) < 4.78 is 10.0. The van der Waals surface area contributed by atoms with Crippen LogP contribution < -0.4 is 4.74 Å². The van der Waals surface area contributed by atoms with Crippen molar-refractivity contribution in [1.29, 1.82) is 5.26 Å². The highest BCUT2D eigenvalue weighted by Gasteiger charge is 2.14. The van der Waals surface area contributed by atoms with E-state index in [9.17, 15) is 4.79 Å². The van der Waals surface area contributed by atoms with Crippen molar-refractivity contribution in [3.63, 3.8) is 0 Å². The Kier molecular flexibility index (Phi) is 6.54. The standard InChI is InChI=1S/C15H20N2O3/c1-4-7-17(11-15(18)20-3)10-13-8-12(9-16)5-6-14(13)19-2/h5-6,8H,4,7,10-11H2,1-3H3. The molecule has 1 rings (SSSR count). The molecule has 0 amide bonds. The van der Waals surface area contributed by atoms with E-state index in [1.54, 1.807) is 25.3 Å². The molecule has 0 saturated heterocycles. The number of methoxy groups -OCH3 is 2. The second-order valence-corrected chi connectivity index (χ2v) is 4.43. The second kappa shape index (κ2) is 8.18. The zero-order valence-corrected chi connectivity index (χ0v) is 12.2. The lowest BCUT2D eigenvalue weighted by Gasteiger charge is -2.21. The van der Waals surface area contributed by atoms with Gasteiger partial charge in [0.05, 0.1) is 32.4 Å². The van der Waals surface area contributed by atoms with Crippen molar-refractivity contribution in [2.45, 2.75) is 19.9 Å². The molecule has 5 nitrogen and oxygen atoms in total. The number of hydrogen-bond donors (Lipinski definition) is 0. The number of nitrogens with zero attached hydrogens (tertiary/aromatic N) is 2. The first-order valence-electron chi connectivity index (χ1n) is 6.50. The predicted octanol–water partition coefficient (Wildman–Crippen LogP) is 1.95. The lowest BCUT2D eigenvalue weighted by Crippen LogP contribution is -2.31. The number of nitriles is 1. The summed E-state index contributed by atoms with van der Waals surface area (Å²) in [6.07, 6.45) is 0.928. The molecule has 1 aromatic carbocycles. The fourth-order valence-electron chi connectivity index (χ4n) is 1.99. The summed E-state index contributed by atoms with van der Waals surface area (Å²) in [6, 6.07) is 7.39. The van der Waals surface area contributed by atoms with E-state index < -0.39 is 0 Å². The smallest absolute Gasteiger partial charge is 0.319 e. The average Bonchev–Trinajstić information content (AvgIpc) is 2.47. The third-order valence-electron chi connectivity index (χ3n) is 2.92. The molecule has 5 heteroatoms. The molecule has 0 bridgehead atoms. The van der Waals surface area contributed by atoms with Crippen LogP contribution in [0.4, 0.5) is 0 Å². The molecule has 0 aliphatic rings. The Balaban J connectivity index is 2.91. The van der Waals surface area contributed by atoms with Crippen LogP contribution in [-0.4, -0.2) is 38.2 Å². The van der Waals surface area contributed by atoms with E-state index >= 15 is 0 Å². The van der Waals surface area contributed by atoms with Crippen LogP contribution in [0.3, 0.4) is 0 Å². The fraction of sp³-hybridized carbons (Fsp3) is 0.467. The maximum Gasteiger partial charge on any atom is 0.319 e. The molecule has 0 spiro atoms. The topological polar surface area (TPSA) is 62.6 Å². The Morgan fingerprint density at radius 1 is 1.40 bits per heavy atom. The normalized spacial score (nSPS) is 10.2. The molecule has 1 aromatic rings. The van der Waals surface area contributed by atoms with Gasteiger partial charge in [-0.25, -0.2) is 0 Å². The van der Waals surface area contributed by atoms with E-state index in [-0.39, 0.29) is 12.5 Å². The van der Waals surface area contributed by atoms with Crippen LogP contribution in [0, 0.1) is 11.3 Å².